The first kappa shape index (κ1) is 8.06. The fourth-order valence-corrected chi connectivity index (χ4v) is 1.45. The third-order valence-electron chi connectivity index (χ3n) is 3.12. The Morgan fingerprint density at radius 1 is 1.30 bits per heavy atom. The van der Waals surface area contributed by atoms with E-state index in [1.165, 1.54) is 0 Å². The highest BCUT2D eigenvalue weighted by Gasteiger charge is 2.45. The molecule has 1 fully saturated rings. The van der Waals surface area contributed by atoms with Crippen molar-refractivity contribution in [2.45, 2.75) is 46.7 Å². The minimum atomic E-state index is 0.472. The molecule has 1 nitrogen and oxygen atoms in total. The summed E-state index contributed by atoms with van der Waals surface area (Å²) in [4.78, 5) is 0. The fraction of sp³-hybridized carbons (Fsp3) is 1.00. The summed E-state index contributed by atoms with van der Waals surface area (Å²) in [6, 6.07) is 1.50. The molecule has 10 heavy (non-hydrogen) atoms. The fourth-order valence-electron chi connectivity index (χ4n) is 1.45. The second kappa shape index (κ2) is 2.23. The van der Waals surface area contributed by atoms with Gasteiger partial charge in [-0.1, -0.05) is 27.7 Å². The normalized spacial score (nSPS) is 33.0. The van der Waals surface area contributed by atoms with Gasteiger partial charge in [-0.2, -0.15) is 0 Å². The van der Waals surface area contributed by atoms with Crippen molar-refractivity contribution in [2.75, 3.05) is 0 Å². The van der Waals surface area contributed by atoms with Crippen LogP contribution in [-0.2, 0) is 0 Å². The van der Waals surface area contributed by atoms with Crippen LogP contribution in [0.1, 0.15) is 34.6 Å². The standard InChI is InChI=1S/C9H19N/c1-6(2)9(4,5)8-7(3)10-8/h6-8,10H,1-5H3. The van der Waals surface area contributed by atoms with Crippen molar-refractivity contribution in [3.8, 4) is 0 Å². The van der Waals surface area contributed by atoms with E-state index in [4.69, 9.17) is 0 Å². The Morgan fingerprint density at radius 3 is 1.80 bits per heavy atom. The van der Waals surface area contributed by atoms with Crippen LogP contribution in [0.4, 0.5) is 0 Å². The minimum absolute atomic E-state index is 0.472. The van der Waals surface area contributed by atoms with E-state index < -0.39 is 0 Å². The van der Waals surface area contributed by atoms with Crippen LogP contribution in [0, 0.1) is 11.3 Å². The lowest BCUT2D eigenvalue weighted by molar-refractivity contribution is 0.240. The minimum Gasteiger partial charge on any atom is -0.308 e. The lowest BCUT2D eigenvalue weighted by Gasteiger charge is -2.28. The molecule has 0 aliphatic carbocycles. The van der Waals surface area contributed by atoms with Gasteiger partial charge in [0.25, 0.3) is 0 Å². The van der Waals surface area contributed by atoms with E-state index in [1.54, 1.807) is 0 Å². The summed E-state index contributed by atoms with van der Waals surface area (Å²) in [6.07, 6.45) is 0. The van der Waals surface area contributed by atoms with Crippen molar-refractivity contribution in [3.63, 3.8) is 0 Å². The van der Waals surface area contributed by atoms with Gasteiger partial charge < -0.3 is 5.32 Å². The van der Waals surface area contributed by atoms with E-state index in [1.807, 2.05) is 0 Å². The van der Waals surface area contributed by atoms with Crippen molar-refractivity contribution < 1.29 is 0 Å². The van der Waals surface area contributed by atoms with Crippen LogP contribution in [0.5, 0.6) is 0 Å². The van der Waals surface area contributed by atoms with Crippen molar-refractivity contribution in [1.29, 1.82) is 0 Å². The molecular formula is C9H19N. The van der Waals surface area contributed by atoms with Crippen LogP contribution >= 0.6 is 0 Å². The van der Waals surface area contributed by atoms with Gasteiger partial charge in [-0.15, -0.1) is 0 Å². The predicted octanol–water partition coefficient (Wildman–Crippen LogP) is 2.03. The lowest BCUT2D eigenvalue weighted by Crippen LogP contribution is -2.28. The molecule has 1 aliphatic heterocycles. The molecule has 0 aromatic rings. The van der Waals surface area contributed by atoms with E-state index in [0.29, 0.717) is 5.41 Å². The second-order valence-corrected chi connectivity index (χ2v) is 4.41. The number of hydrogen-bond donors (Lipinski definition) is 1. The molecule has 2 unspecified atom stereocenters. The summed E-state index contributed by atoms with van der Waals surface area (Å²) in [7, 11) is 0. The Labute approximate surface area is 64.2 Å². The first-order chi connectivity index (χ1) is 4.46. The molecule has 1 heterocycles. The van der Waals surface area contributed by atoms with Crippen LogP contribution in [0.15, 0.2) is 0 Å². The molecule has 1 aliphatic rings. The maximum absolute atomic E-state index is 3.45. The third-order valence-corrected chi connectivity index (χ3v) is 3.12. The first-order valence-electron chi connectivity index (χ1n) is 4.22. The molecule has 2 atom stereocenters. The summed E-state index contributed by atoms with van der Waals surface area (Å²) < 4.78 is 0. The number of nitrogens with one attached hydrogen (secondary N) is 1. The zero-order valence-electron chi connectivity index (χ0n) is 7.73. The van der Waals surface area contributed by atoms with E-state index >= 15 is 0 Å². The van der Waals surface area contributed by atoms with Crippen LogP contribution < -0.4 is 5.32 Å². The highest BCUT2D eigenvalue weighted by Crippen LogP contribution is 2.37. The summed E-state index contributed by atoms with van der Waals surface area (Å²) in [6.45, 7) is 11.5. The van der Waals surface area contributed by atoms with Crippen molar-refractivity contribution in [2.24, 2.45) is 11.3 Å². The molecule has 0 aromatic heterocycles. The first-order valence-corrected chi connectivity index (χ1v) is 4.22. The molecule has 1 rings (SSSR count). The van der Waals surface area contributed by atoms with E-state index in [9.17, 15) is 0 Å². The molecular weight excluding hydrogens is 122 g/mol. The topological polar surface area (TPSA) is 21.9 Å². The van der Waals surface area contributed by atoms with E-state index in [0.717, 1.165) is 18.0 Å². The SMILES string of the molecule is CC1NC1C(C)(C)C(C)C. The molecule has 0 spiro atoms. The Hall–Kier alpha value is -0.0400. The van der Waals surface area contributed by atoms with Crippen LogP contribution in [0.2, 0.25) is 0 Å². The summed E-state index contributed by atoms with van der Waals surface area (Å²) in [5.74, 6) is 0.773. The van der Waals surface area contributed by atoms with Gasteiger partial charge >= 0.3 is 0 Å². The molecule has 60 valence electrons. The van der Waals surface area contributed by atoms with Gasteiger partial charge in [0.2, 0.25) is 0 Å². The zero-order chi connectivity index (χ0) is 7.94. The smallest absolute Gasteiger partial charge is 0.0275 e. The van der Waals surface area contributed by atoms with Gasteiger partial charge in [0.15, 0.2) is 0 Å². The molecule has 0 aromatic carbocycles. The van der Waals surface area contributed by atoms with Crippen LogP contribution in [-0.4, -0.2) is 12.1 Å². The molecule has 0 radical (unpaired) electrons. The van der Waals surface area contributed by atoms with Gasteiger partial charge in [-0.05, 0) is 18.3 Å². The van der Waals surface area contributed by atoms with Crippen molar-refractivity contribution in [1.82, 2.24) is 5.32 Å². The molecule has 0 amide bonds. The van der Waals surface area contributed by atoms with Gasteiger partial charge in [0.1, 0.15) is 0 Å². The Bertz CT molecular complexity index is 127. The van der Waals surface area contributed by atoms with Gasteiger partial charge in [0, 0.05) is 12.1 Å². The number of rotatable bonds is 2. The monoisotopic (exact) mass is 141 g/mol. The maximum Gasteiger partial charge on any atom is 0.0275 e. The molecule has 1 heteroatoms. The maximum atomic E-state index is 3.45. The number of hydrogen-bond acceptors (Lipinski definition) is 1. The van der Waals surface area contributed by atoms with Gasteiger partial charge in [-0.3, -0.25) is 0 Å². The average Bonchev–Trinajstić information content (AvgIpc) is 2.46. The average molecular weight is 141 g/mol. The van der Waals surface area contributed by atoms with E-state index in [-0.39, 0.29) is 0 Å². The molecule has 0 saturated carbocycles. The highest BCUT2D eigenvalue weighted by molar-refractivity contribution is 5.04. The molecule has 1 saturated heterocycles. The second-order valence-electron chi connectivity index (χ2n) is 4.41. The quantitative estimate of drug-likeness (QED) is 0.584. The highest BCUT2D eigenvalue weighted by atomic mass is 15.2. The van der Waals surface area contributed by atoms with Crippen molar-refractivity contribution in [3.05, 3.63) is 0 Å². The molecule has 1 N–H and O–H groups in total. The van der Waals surface area contributed by atoms with Crippen molar-refractivity contribution >= 4 is 0 Å². The molecule has 0 bridgehead atoms. The van der Waals surface area contributed by atoms with Crippen LogP contribution in [0.25, 0.3) is 0 Å². The third kappa shape index (κ3) is 1.20. The van der Waals surface area contributed by atoms with Gasteiger partial charge in [-0.25, -0.2) is 0 Å². The Morgan fingerprint density at radius 2 is 1.70 bits per heavy atom. The lowest BCUT2D eigenvalue weighted by atomic mass is 9.77. The van der Waals surface area contributed by atoms with E-state index in [2.05, 4.69) is 39.9 Å². The largest absolute Gasteiger partial charge is 0.308 e. The van der Waals surface area contributed by atoms with Crippen LogP contribution in [0.3, 0.4) is 0 Å². The summed E-state index contributed by atoms with van der Waals surface area (Å²) in [5.41, 5.74) is 0.472. The summed E-state index contributed by atoms with van der Waals surface area (Å²) >= 11 is 0. The van der Waals surface area contributed by atoms with Gasteiger partial charge in [0.05, 0.1) is 0 Å². The predicted molar refractivity (Wildman–Crippen MR) is 45.0 cm³/mol. The summed E-state index contributed by atoms with van der Waals surface area (Å²) in [5, 5.41) is 3.45. The Balaban J connectivity index is 2.52. The zero-order valence-corrected chi connectivity index (χ0v) is 7.73. The Kier molecular flexibility index (Phi) is 1.80.